The Balaban J connectivity index is 2.12. The SMILES string of the molecule is CCOc1ccccc1OCc1ccc(OC)c(C#N)c1. The van der Waals surface area contributed by atoms with Crippen molar-refractivity contribution in [1.29, 1.82) is 5.26 Å². The van der Waals surface area contributed by atoms with Gasteiger partial charge in [-0.25, -0.2) is 0 Å². The number of rotatable bonds is 6. The average molecular weight is 283 g/mol. The van der Waals surface area contributed by atoms with Gasteiger partial charge in [-0.05, 0) is 36.8 Å². The number of nitrogens with zero attached hydrogens (tertiary/aromatic N) is 1. The highest BCUT2D eigenvalue weighted by Gasteiger charge is 2.06. The zero-order valence-corrected chi connectivity index (χ0v) is 12.1. The first-order chi connectivity index (χ1) is 10.3. The molecule has 0 saturated heterocycles. The number of methoxy groups -OCH3 is 1. The first-order valence-electron chi connectivity index (χ1n) is 6.70. The highest BCUT2D eigenvalue weighted by atomic mass is 16.5. The van der Waals surface area contributed by atoms with Gasteiger partial charge >= 0.3 is 0 Å². The molecule has 0 atom stereocenters. The molecule has 0 radical (unpaired) electrons. The number of hydrogen-bond acceptors (Lipinski definition) is 4. The van der Waals surface area contributed by atoms with E-state index >= 15 is 0 Å². The fourth-order valence-corrected chi connectivity index (χ4v) is 1.94. The van der Waals surface area contributed by atoms with Crippen molar-refractivity contribution >= 4 is 0 Å². The number of para-hydroxylation sites is 2. The first kappa shape index (κ1) is 14.7. The summed E-state index contributed by atoms with van der Waals surface area (Å²) in [7, 11) is 1.55. The fourth-order valence-electron chi connectivity index (χ4n) is 1.94. The molecule has 4 nitrogen and oxygen atoms in total. The molecule has 0 aromatic heterocycles. The van der Waals surface area contributed by atoms with Gasteiger partial charge < -0.3 is 14.2 Å². The Morgan fingerprint density at radius 3 is 2.33 bits per heavy atom. The van der Waals surface area contributed by atoms with Crippen molar-refractivity contribution in [3.05, 3.63) is 53.6 Å². The number of nitriles is 1. The van der Waals surface area contributed by atoms with E-state index < -0.39 is 0 Å². The molecule has 0 aliphatic heterocycles. The standard InChI is InChI=1S/C17H17NO3/c1-3-20-16-6-4-5-7-17(16)21-12-13-8-9-15(19-2)14(10-13)11-18/h4-10H,3,12H2,1-2H3. The lowest BCUT2D eigenvalue weighted by Crippen LogP contribution is -2.00. The Bertz CT molecular complexity index is 647. The van der Waals surface area contributed by atoms with E-state index in [9.17, 15) is 0 Å². The van der Waals surface area contributed by atoms with Crippen LogP contribution in [0.3, 0.4) is 0 Å². The molecule has 0 heterocycles. The normalized spacial score (nSPS) is 9.76. The Hall–Kier alpha value is -2.67. The van der Waals surface area contributed by atoms with Crippen molar-refractivity contribution in [3.8, 4) is 23.3 Å². The van der Waals surface area contributed by atoms with Crippen molar-refractivity contribution in [3.63, 3.8) is 0 Å². The third-order valence-corrected chi connectivity index (χ3v) is 2.93. The summed E-state index contributed by atoms with van der Waals surface area (Å²) in [6, 6.07) is 15.1. The molecule has 4 heteroatoms. The molecule has 21 heavy (non-hydrogen) atoms. The second-order valence-corrected chi connectivity index (χ2v) is 4.31. The molecule has 2 rings (SSSR count). The third-order valence-electron chi connectivity index (χ3n) is 2.93. The van der Waals surface area contributed by atoms with E-state index in [0.29, 0.717) is 36.0 Å². The van der Waals surface area contributed by atoms with Crippen LogP contribution in [0.2, 0.25) is 0 Å². The maximum atomic E-state index is 9.08. The van der Waals surface area contributed by atoms with Gasteiger partial charge in [-0.15, -0.1) is 0 Å². The first-order valence-corrected chi connectivity index (χ1v) is 6.70. The number of hydrogen-bond donors (Lipinski definition) is 0. The molecule has 2 aromatic carbocycles. The molecule has 0 aliphatic carbocycles. The monoisotopic (exact) mass is 283 g/mol. The van der Waals surface area contributed by atoms with Crippen LogP contribution in [-0.4, -0.2) is 13.7 Å². The molecule has 0 bridgehead atoms. The van der Waals surface area contributed by atoms with Crippen molar-refractivity contribution < 1.29 is 14.2 Å². The van der Waals surface area contributed by atoms with E-state index in [-0.39, 0.29) is 0 Å². The van der Waals surface area contributed by atoms with Crippen molar-refractivity contribution in [2.24, 2.45) is 0 Å². The Labute approximate surface area is 124 Å². The molecule has 0 saturated carbocycles. The van der Waals surface area contributed by atoms with Crippen LogP contribution in [0.1, 0.15) is 18.1 Å². The largest absolute Gasteiger partial charge is 0.495 e. The van der Waals surface area contributed by atoms with Gasteiger partial charge in [-0.3, -0.25) is 0 Å². The lowest BCUT2D eigenvalue weighted by molar-refractivity contribution is 0.269. The molecule has 108 valence electrons. The van der Waals surface area contributed by atoms with Crippen LogP contribution in [-0.2, 0) is 6.61 Å². The number of ether oxygens (including phenoxy) is 3. The van der Waals surface area contributed by atoms with E-state index in [1.807, 2.05) is 37.3 Å². The van der Waals surface area contributed by atoms with Gasteiger partial charge in [0.2, 0.25) is 0 Å². The van der Waals surface area contributed by atoms with Crippen molar-refractivity contribution in [2.75, 3.05) is 13.7 Å². The lowest BCUT2D eigenvalue weighted by Gasteiger charge is -2.12. The van der Waals surface area contributed by atoms with Gasteiger partial charge in [0.15, 0.2) is 11.5 Å². The molecular formula is C17H17NO3. The highest BCUT2D eigenvalue weighted by molar-refractivity contribution is 5.45. The molecule has 0 fully saturated rings. The zero-order chi connectivity index (χ0) is 15.1. The van der Waals surface area contributed by atoms with E-state index in [2.05, 4.69) is 6.07 Å². The molecule has 0 aliphatic rings. The van der Waals surface area contributed by atoms with Crippen LogP contribution in [0.25, 0.3) is 0 Å². The molecule has 0 spiro atoms. The van der Waals surface area contributed by atoms with Gasteiger partial charge in [0.1, 0.15) is 18.4 Å². The Kier molecular flexibility index (Phi) is 5.05. The van der Waals surface area contributed by atoms with Crippen LogP contribution in [0.15, 0.2) is 42.5 Å². The highest BCUT2D eigenvalue weighted by Crippen LogP contribution is 2.27. The summed E-state index contributed by atoms with van der Waals surface area (Å²) in [4.78, 5) is 0. The second-order valence-electron chi connectivity index (χ2n) is 4.31. The van der Waals surface area contributed by atoms with E-state index in [4.69, 9.17) is 19.5 Å². The third kappa shape index (κ3) is 3.67. The summed E-state index contributed by atoms with van der Waals surface area (Å²) in [5.74, 6) is 1.97. The molecule has 0 N–H and O–H groups in total. The smallest absolute Gasteiger partial charge is 0.161 e. The van der Waals surface area contributed by atoms with Gasteiger partial charge in [0, 0.05) is 0 Å². The predicted molar refractivity (Wildman–Crippen MR) is 79.7 cm³/mol. The second kappa shape index (κ2) is 7.20. The minimum Gasteiger partial charge on any atom is -0.495 e. The quantitative estimate of drug-likeness (QED) is 0.813. The topological polar surface area (TPSA) is 51.5 Å². The Morgan fingerprint density at radius 1 is 1.00 bits per heavy atom. The molecule has 0 amide bonds. The van der Waals surface area contributed by atoms with Gasteiger partial charge in [-0.1, -0.05) is 18.2 Å². The van der Waals surface area contributed by atoms with Crippen LogP contribution >= 0.6 is 0 Å². The molecule has 0 unspecified atom stereocenters. The summed E-state index contributed by atoms with van der Waals surface area (Å²) < 4.78 is 16.4. The van der Waals surface area contributed by atoms with Crippen LogP contribution in [0.5, 0.6) is 17.2 Å². The lowest BCUT2D eigenvalue weighted by atomic mass is 10.1. The summed E-state index contributed by atoms with van der Waals surface area (Å²) in [5.41, 5.74) is 1.40. The fraction of sp³-hybridized carbons (Fsp3) is 0.235. The van der Waals surface area contributed by atoms with Crippen molar-refractivity contribution in [1.82, 2.24) is 0 Å². The summed E-state index contributed by atoms with van der Waals surface area (Å²) in [6.07, 6.45) is 0. The zero-order valence-electron chi connectivity index (χ0n) is 12.1. The Morgan fingerprint density at radius 2 is 1.71 bits per heavy atom. The summed E-state index contributed by atoms with van der Waals surface area (Å²) in [6.45, 7) is 2.88. The van der Waals surface area contributed by atoms with Gasteiger partial charge in [-0.2, -0.15) is 5.26 Å². The van der Waals surface area contributed by atoms with Gasteiger partial charge in [0.25, 0.3) is 0 Å². The summed E-state index contributed by atoms with van der Waals surface area (Å²) >= 11 is 0. The van der Waals surface area contributed by atoms with Crippen LogP contribution < -0.4 is 14.2 Å². The molecular weight excluding hydrogens is 266 g/mol. The maximum absolute atomic E-state index is 9.08. The molecule has 2 aromatic rings. The van der Waals surface area contributed by atoms with Crippen LogP contribution in [0.4, 0.5) is 0 Å². The van der Waals surface area contributed by atoms with E-state index in [1.54, 1.807) is 19.2 Å². The number of benzene rings is 2. The van der Waals surface area contributed by atoms with Crippen molar-refractivity contribution in [2.45, 2.75) is 13.5 Å². The van der Waals surface area contributed by atoms with E-state index in [1.165, 1.54) is 0 Å². The summed E-state index contributed by atoms with van der Waals surface area (Å²) in [5, 5.41) is 9.08. The van der Waals surface area contributed by atoms with Gasteiger partial charge in [0.05, 0.1) is 19.3 Å². The minimum atomic E-state index is 0.364. The average Bonchev–Trinajstić information content (AvgIpc) is 2.54. The predicted octanol–water partition coefficient (Wildman–Crippen LogP) is 3.54. The maximum Gasteiger partial charge on any atom is 0.161 e. The van der Waals surface area contributed by atoms with E-state index in [0.717, 1.165) is 5.56 Å². The minimum absolute atomic E-state index is 0.364. The van der Waals surface area contributed by atoms with Crippen LogP contribution in [0, 0.1) is 11.3 Å².